The van der Waals surface area contributed by atoms with Crippen molar-refractivity contribution in [2.24, 2.45) is 0 Å². The van der Waals surface area contributed by atoms with E-state index < -0.39 is 17.9 Å². The lowest BCUT2D eigenvalue weighted by molar-refractivity contribution is -0.153. The topological polar surface area (TPSA) is 107 Å². The first-order valence-electron chi connectivity index (χ1n) is 8.76. The van der Waals surface area contributed by atoms with Gasteiger partial charge >= 0.3 is 5.97 Å². The first-order chi connectivity index (χ1) is 13.4. The Kier molecular flexibility index (Phi) is 5.62. The summed E-state index contributed by atoms with van der Waals surface area (Å²) in [5, 5.41) is 17.5. The van der Waals surface area contributed by atoms with Crippen LogP contribution >= 0.6 is 0 Å². The van der Waals surface area contributed by atoms with Crippen molar-refractivity contribution >= 4 is 11.9 Å². The highest BCUT2D eigenvalue weighted by Gasteiger charge is 2.36. The third-order valence-electron chi connectivity index (χ3n) is 4.62. The summed E-state index contributed by atoms with van der Waals surface area (Å²) in [6.45, 7) is 5.31. The second-order valence-corrected chi connectivity index (χ2v) is 6.42. The van der Waals surface area contributed by atoms with Crippen LogP contribution in [0.2, 0.25) is 0 Å². The summed E-state index contributed by atoms with van der Waals surface area (Å²) < 4.78 is 12.7. The van der Waals surface area contributed by atoms with E-state index in [0.29, 0.717) is 29.6 Å². The van der Waals surface area contributed by atoms with Crippen LogP contribution in [0.3, 0.4) is 0 Å². The standard InChI is InChI=1S/C19H22N4O5/c1-4-5-13-6-7-15(16(8-13)27-3)28-11-18(24)23-10-17-21-20-12(2)22(17)9-14(23)19(25)26/h4,6-8,14H,1,5,9-11H2,2-3H3,(H,25,26). The van der Waals surface area contributed by atoms with E-state index in [1.165, 1.54) is 12.0 Å². The molecule has 0 radical (unpaired) electrons. The molecule has 0 fully saturated rings. The molecule has 9 nitrogen and oxygen atoms in total. The van der Waals surface area contributed by atoms with Gasteiger partial charge in [-0.3, -0.25) is 4.79 Å². The van der Waals surface area contributed by atoms with Gasteiger partial charge in [-0.15, -0.1) is 16.8 Å². The zero-order valence-electron chi connectivity index (χ0n) is 15.8. The molecule has 3 rings (SSSR count). The molecule has 9 heteroatoms. The number of fused-ring (bicyclic) bond motifs is 1. The van der Waals surface area contributed by atoms with E-state index in [-0.39, 0.29) is 19.7 Å². The van der Waals surface area contributed by atoms with Crippen LogP contribution in [0, 0.1) is 6.92 Å². The van der Waals surface area contributed by atoms with E-state index in [0.717, 1.165) is 5.56 Å². The third kappa shape index (κ3) is 3.83. The van der Waals surface area contributed by atoms with Gasteiger partial charge < -0.3 is 24.0 Å². The van der Waals surface area contributed by atoms with Crippen molar-refractivity contribution in [3.8, 4) is 11.5 Å². The molecule has 0 saturated heterocycles. The van der Waals surface area contributed by atoms with Crippen molar-refractivity contribution in [3.63, 3.8) is 0 Å². The van der Waals surface area contributed by atoms with Crippen LogP contribution in [0.4, 0.5) is 0 Å². The molecule has 2 aromatic rings. The van der Waals surface area contributed by atoms with Crippen LogP contribution in [-0.4, -0.2) is 56.4 Å². The predicted molar refractivity (Wildman–Crippen MR) is 99.1 cm³/mol. The fourth-order valence-corrected chi connectivity index (χ4v) is 3.13. The number of hydrogen-bond donors (Lipinski definition) is 1. The minimum absolute atomic E-state index is 0.0649. The first-order valence-corrected chi connectivity index (χ1v) is 8.76. The maximum atomic E-state index is 12.7. The molecule has 1 aliphatic heterocycles. The van der Waals surface area contributed by atoms with E-state index in [1.54, 1.807) is 23.6 Å². The number of methoxy groups -OCH3 is 1. The number of hydrogen-bond acceptors (Lipinski definition) is 6. The minimum Gasteiger partial charge on any atom is -0.493 e. The molecule has 148 valence electrons. The van der Waals surface area contributed by atoms with Crippen molar-refractivity contribution in [3.05, 3.63) is 48.1 Å². The molecule has 0 bridgehead atoms. The van der Waals surface area contributed by atoms with Gasteiger partial charge in [0.05, 0.1) is 20.2 Å². The summed E-state index contributed by atoms with van der Waals surface area (Å²) >= 11 is 0. The maximum Gasteiger partial charge on any atom is 0.328 e. The smallest absolute Gasteiger partial charge is 0.328 e. The molecule has 28 heavy (non-hydrogen) atoms. The number of aliphatic carboxylic acids is 1. The van der Waals surface area contributed by atoms with Gasteiger partial charge in [-0.25, -0.2) is 4.79 Å². The number of ether oxygens (including phenoxy) is 2. The Bertz CT molecular complexity index is 908. The number of carbonyl (C=O) groups is 2. The van der Waals surface area contributed by atoms with E-state index in [1.807, 2.05) is 12.1 Å². The summed E-state index contributed by atoms with van der Waals surface area (Å²) in [6, 6.07) is 4.38. The summed E-state index contributed by atoms with van der Waals surface area (Å²) in [5.41, 5.74) is 1.00. The molecule has 1 atom stereocenters. The van der Waals surface area contributed by atoms with Gasteiger partial charge in [-0.1, -0.05) is 12.1 Å². The van der Waals surface area contributed by atoms with Crippen molar-refractivity contribution in [1.82, 2.24) is 19.7 Å². The number of aromatic nitrogens is 3. The summed E-state index contributed by atoms with van der Waals surface area (Å²) in [6.07, 6.45) is 2.46. The Morgan fingerprint density at radius 1 is 1.36 bits per heavy atom. The number of nitrogens with zero attached hydrogens (tertiary/aromatic N) is 4. The highest BCUT2D eigenvalue weighted by molar-refractivity contribution is 5.84. The molecule has 1 amide bonds. The first kappa shape index (κ1) is 19.4. The molecule has 1 aromatic carbocycles. The molecule has 1 N–H and O–H groups in total. The molecule has 2 heterocycles. The number of benzene rings is 1. The van der Waals surface area contributed by atoms with Gasteiger partial charge in [-0.2, -0.15) is 0 Å². The summed E-state index contributed by atoms with van der Waals surface area (Å²) in [7, 11) is 1.52. The van der Waals surface area contributed by atoms with Gasteiger partial charge in [0, 0.05) is 0 Å². The largest absolute Gasteiger partial charge is 0.493 e. The lowest BCUT2D eigenvalue weighted by Gasteiger charge is -2.33. The Balaban J connectivity index is 1.73. The normalized spacial score (nSPS) is 15.6. The van der Waals surface area contributed by atoms with Gasteiger partial charge in [0.15, 0.2) is 23.9 Å². The number of carboxylic acids is 1. The number of rotatable bonds is 7. The van der Waals surface area contributed by atoms with Crippen LogP contribution in [-0.2, 0) is 29.1 Å². The van der Waals surface area contributed by atoms with Crippen molar-refractivity contribution < 1.29 is 24.2 Å². The van der Waals surface area contributed by atoms with Crippen molar-refractivity contribution in [1.29, 1.82) is 0 Å². The van der Waals surface area contributed by atoms with E-state index >= 15 is 0 Å². The van der Waals surface area contributed by atoms with Gasteiger partial charge in [0.25, 0.3) is 5.91 Å². The SMILES string of the molecule is C=CCc1ccc(OCC(=O)N2Cc3nnc(C)n3CC2C(=O)O)c(OC)c1. The second kappa shape index (κ2) is 8.12. The quantitative estimate of drug-likeness (QED) is 0.713. The van der Waals surface area contributed by atoms with Crippen LogP contribution in [0.1, 0.15) is 17.2 Å². The maximum absolute atomic E-state index is 12.7. The van der Waals surface area contributed by atoms with E-state index in [2.05, 4.69) is 16.8 Å². The molecule has 1 aliphatic rings. The number of amides is 1. The fraction of sp³-hybridized carbons (Fsp3) is 0.368. The third-order valence-corrected chi connectivity index (χ3v) is 4.62. The molecule has 0 aliphatic carbocycles. The molecule has 1 unspecified atom stereocenters. The predicted octanol–water partition coefficient (Wildman–Crippen LogP) is 1.20. The van der Waals surface area contributed by atoms with E-state index in [4.69, 9.17) is 9.47 Å². The zero-order valence-corrected chi connectivity index (χ0v) is 15.8. The average Bonchev–Trinajstić information content (AvgIpc) is 3.05. The van der Waals surface area contributed by atoms with Crippen LogP contribution < -0.4 is 9.47 Å². The van der Waals surface area contributed by atoms with Crippen molar-refractivity contribution in [2.75, 3.05) is 13.7 Å². The van der Waals surface area contributed by atoms with Crippen LogP contribution in [0.15, 0.2) is 30.9 Å². The highest BCUT2D eigenvalue weighted by Crippen LogP contribution is 2.28. The lowest BCUT2D eigenvalue weighted by Crippen LogP contribution is -2.52. The lowest BCUT2D eigenvalue weighted by atomic mass is 10.1. The molecule has 0 spiro atoms. The Morgan fingerprint density at radius 2 is 2.14 bits per heavy atom. The second-order valence-electron chi connectivity index (χ2n) is 6.42. The summed E-state index contributed by atoms with van der Waals surface area (Å²) in [5.74, 6) is 0.543. The molecule has 0 saturated carbocycles. The minimum atomic E-state index is -1.08. The number of carbonyl (C=O) groups excluding carboxylic acids is 1. The zero-order chi connectivity index (χ0) is 20.3. The number of aryl methyl sites for hydroxylation is 1. The highest BCUT2D eigenvalue weighted by atomic mass is 16.5. The fourth-order valence-electron chi connectivity index (χ4n) is 3.13. The number of carboxylic acid groups (broad SMARTS) is 1. The van der Waals surface area contributed by atoms with Crippen LogP contribution in [0.5, 0.6) is 11.5 Å². The Labute approximate surface area is 162 Å². The van der Waals surface area contributed by atoms with Gasteiger partial charge in [-0.05, 0) is 31.0 Å². The summed E-state index contributed by atoms with van der Waals surface area (Å²) in [4.78, 5) is 25.6. The molecular formula is C19H22N4O5. The Hall–Kier alpha value is -3.36. The van der Waals surface area contributed by atoms with E-state index in [9.17, 15) is 14.7 Å². The average molecular weight is 386 g/mol. The Morgan fingerprint density at radius 3 is 2.82 bits per heavy atom. The number of allylic oxidation sites excluding steroid dienone is 1. The van der Waals surface area contributed by atoms with Gasteiger partial charge in [0.1, 0.15) is 11.9 Å². The van der Waals surface area contributed by atoms with Gasteiger partial charge in [0.2, 0.25) is 0 Å². The monoisotopic (exact) mass is 386 g/mol. The molecular weight excluding hydrogens is 364 g/mol. The van der Waals surface area contributed by atoms with Crippen LogP contribution in [0.25, 0.3) is 0 Å². The molecule has 1 aromatic heterocycles. The van der Waals surface area contributed by atoms with Crippen molar-refractivity contribution in [2.45, 2.75) is 32.5 Å².